The van der Waals surface area contributed by atoms with Gasteiger partial charge in [0, 0.05) is 5.56 Å². The van der Waals surface area contributed by atoms with Crippen LogP contribution in [0, 0.1) is 0 Å². The summed E-state index contributed by atoms with van der Waals surface area (Å²) < 4.78 is 28.1. The fourth-order valence-electron chi connectivity index (χ4n) is 1.88. The first-order chi connectivity index (χ1) is 11.0. The molecule has 0 heterocycles. The lowest BCUT2D eigenvalue weighted by atomic mass is 10.1. The van der Waals surface area contributed by atoms with Crippen molar-refractivity contribution in [1.82, 2.24) is 5.32 Å². The van der Waals surface area contributed by atoms with Crippen molar-refractivity contribution in [3.63, 3.8) is 0 Å². The highest BCUT2D eigenvalue weighted by Crippen LogP contribution is 2.52. The van der Waals surface area contributed by atoms with E-state index in [1.54, 1.807) is 51.1 Å². The van der Waals surface area contributed by atoms with Crippen molar-refractivity contribution in [2.75, 3.05) is 19.8 Å². The Morgan fingerprint density at radius 1 is 1.04 bits per heavy atom. The van der Waals surface area contributed by atoms with E-state index >= 15 is 0 Å². The minimum absolute atomic E-state index is 0.0698. The predicted octanol–water partition coefficient (Wildman–Crippen LogP) is 3.21. The maximum Gasteiger partial charge on any atom is 0.408 e. The maximum absolute atomic E-state index is 12.9. The lowest BCUT2D eigenvalue weighted by Crippen LogP contribution is -2.42. The summed E-state index contributed by atoms with van der Waals surface area (Å²) in [7, 11) is -3.89. The average molecular weight is 343 g/mol. The molecule has 0 saturated carbocycles. The summed E-state index contributed by atoms with van der Waals surface area (Å²) in [5.74, 6) is -2.03. The number of Topliss-reactive ketones (excluding diaryl/α,β-unsaturated/α-hetero) is 1. The van der Waals surface area contributed by atoms with E-state index in [0.29, 0.717) is 0 Å². The van der Waals surface area contributed by atoms with Crippen LogP contribution in [0.15, 0.2) is 30.3 Å². The van der Waals surface area contributed by atoms with Crippen molar-refractivity contribution in [2.45, 2.75) is 26.6 Å². The van der Waals surface area contributed by atoms with Gasteiger partial charge in [-0.25, -0.2) is 4.79 Å². The van der Waals surface area contributed by atoms with E-state index in [1.807, 2.05) is 0 Å². The topological polar surface area (TPSA) is 90.9 Å². The number of ketones is 1. The molecule has 0 fully saturated rings. The van der Waals surface area contributed by atoms with Crippen molar-refractivity contribution in [1.29, 1.82) is 0 Å². The number of nitrogens with one attached hydrogen (secondary N) is 1. The molecule has 1 aromatic carbocycles. The molecule has 0 radical (unpaired) electrons. The molecular formula is C15H22NO6P. The molecule has 8 heteroatoms. The van der Waals surface area contributed by atoms with Gasteiger partial charge in [0.15, 0.2) is 11.6 Å². The van der Waals surface area contributed by atoms with Gasteiger partial charge in [0.25, 0.3) is 0 Å². The number of carbonyl (C=O) groups is 2. The molecule has 1 rings (SSSR count). The van der Waals surface area contributed by atoms with Crippen molar-refractivity contribution in [3.05, 3.63) is 35.9 Å². The van der Waals surface area contributed by atoms with Gasteiger partial charge in [0.1, 0.15) is 0 Å². The predicted molar refractivity (Wildman–Crippen MR) is 85.6 cm³/mol. The molecule has 23 heavy (non-hydrogen) atoms. The van der Waals surface area contributed by atoms with Gasteiger partial charge in [-0.3, -0.25) is 9.36 Å². The largest absolute Gasteiger partial charge is 0.450 e. The van der Waals surface area contributed by atoms with E-state index in [1.165, 1.54) is 0 Å². The highest BCUT2D eigenvalue weighted by atomic mass is 31.2. The van der Waals surface area contributed by atoms with Gasteiger partial charge in [-0.05, 0) is 20.8 Å². The molecule has 0 aliphatic carbocycles. The number of hydrogen-bond donors (Lipinski definition) is 1. The fraction of sp³-hybridized carbons (Fsp3) is 0.467. The Bertz CT molecular complexity index is 552. The summed E-state index contributed by atoms with van der Waals surface area (Å²) in [6.07, 6.45) is -0.860. The van der Waals surface area contributed by atoms with Gasteiger partial charge in [-0.15, -0.1) is 0 Å². The Labute approximate surface area is 135 Å². The second-order valence-electron chi connectivity index (χ2n) is 4.37. The van der Waals surface area contributed by atoms with Crippen molar-refractivity contribution in [2.24, 2.45) is 0 Å². The van der Waals surface area contributed by atoms with Gasteiger partial charge in [0.05, 0.1) is 19.8 Å². The van der Waals surface area contributed by atoms with Gasteiger partial charge in [-0.2, -0.15) is 0 Å². The molecule has 0 spiro atoms. The van der Waals surface area contributed by atoms with Gasteiger partial charge in [-0.1, -0.05) is 30.3 Å². The highest BCUT2D eigenvalue weighted by Gasteiger charge is 2.42. The summed E-state index contributed by atoms with van der Waals surface area (Å²) in [6, 6.07) is 8.20. The lowest BCUT2D eigenvalue weighted by Gasteiger charge is -2.25. The van der Waals surface area contributed by atoms with E-state index in [9.17, 15) is 14.2 Å². The fourth-order valence-corrected chi connectivity index (χ4v) is 3.67. The van der Waals surface area contributed by atoms with Gasteiger partial charge >= 0.3 is 13.7 Å². The number of ether oxygens (including phenoxy) is 1. The van der Waals surface area contributed by atoms with Crippen LogP contribution in [0.2, 0.25) is 0 Å². The van der Waals surface area contributed by atoms with Crippen molar-refractivity contribution >= 4 is 19.5 Å². The molecule has 0 saturated heterocycles. The third-order valence-electron chi connectivity index (χ3n) is 2.77. The minimum atomic E-state index is -3.89. The molecular weight excluding hydrogens is 321 g/mol. The molecule has 0 aliphatic rings. The average Bonchev–Trinajstić information content (AvgIpc) is 2.53. The standard InChI is InChI=1S/C15H22NO6P/c1-4-20-15(18)16-14(23(19,21-5-2)22-6-3)13(17)12-10-8-7-9-11-12/h7-11,14H,4-6H2,1-3H3,(H,16,18)/t14-/m0/s1. The van der Waals surface area contributed by atoms with Crippen LogP contribution in [-0.4, -0.2) is 37.5 Å². The number of hydrogen-bond acceptors (Lipinski definition) is 6. The number of alkyl carbamates (subject to hydrolysis) is 1. The molecule has 1 aromatic rings. The lowest BCUT2D eigenvalue weighted by molar-refractivity contribution is 0.0934. The second kappa shape index (κ2) is 9.45. The van der Waals surface area contributed by atoms with E-state index in [0.717, 1.165) is 0 Å². The van der Waals surface area contributed by atoms with E-state index in [2.05, 4.69) is 5.32 Å². The molecule has 0 bridgehead atoms. The summed E-state index contributed by atoms with van der Waals surface area (Å²) >= 11 is 0. The van der Waals surface area contributed by atoms with Crippen molar-refractivity contribution < 1.29 is 27.9 Å². The number of benzene rings is 1. The summed E-state index contributed by atoms with van der Waals surface area (Å²) in [4.78, 5) is 24.4. The van der Waals surface area contributed by atoms with E-state index in [4.69, 9.17) is 13.8 Å². The Hall–Kier alpha value is -1.69. The maximum atomic E-state index is 12.9. The molecule has 0 aromatic heterocycles. The number of carbonyl (C=O) groups excluding carboxylic acids is 2. The highest BCUT2D eigenvalue weighted by molar-refractivity contribution is 7.55. The van der Waals surface area contributed by atoms with Crippen LogP contribution in [0.5, 0.6) is 0 Å². The van der Waals surface area contributed by atoms with E-state index < -0.39 is 25.3 Å². The van der Waals surface area contributed by atoms with Crippen LogP contribution in [0.4, 0.5) is 4.79 Å². The molecule has 1 amide bonds. The summed E-state index contributed by atoms with van der Waals surface area (Å²) in [5, 5.41) is 2.30. The molecule has 7 nitrogen and oxygen atoms in total. The van der Waals surface area contributed by atoms with Crippen LogP contribution in [0.1, 0.15) is 31.1 Å². The molecule has 0 aliphatic heterocycles. The first-order valence-electron chi connectivity index (χ1n) is 7.39. The van der Waals surface area contributed by atoms with Crippen molar-refractivity contribution in [3.8, 4) is 0 Å². The number of amides is 1. The second-order valence-corrected chi connectivity index (χ2v) is 6.49. The third kappa shape index (κ3) is 5.46. The number of rotatable bonds is 9. The zero-order chi connectivity index (χ0) is 17.3. The third-order valence-corrected chi connectivity index (χ3v) is 5.00. The summed E-state index contributed by atoms with van der Waals surface area (Å²) in [6.45, 7) is 5.13. The molecule has 0 unspecified atom stereocenters. The van der Waals surface area contributed by atoms with Crippen LogP contribution in [0.25, 0.3) is 0 Å². The SMILES string of the molecule is CCOC(=O)N[C@H](C(=O)c1ccccc1)P(=O)(OCC)OCC. The molecule has 128 valence electrons. The summed E-state index contributed by atoms with van der Waals surface area (Å²) in [5.41, 5.74) is 0.286. The Balaban J connectivity index is 3.16. The minimum Gasteiger partial charge on any atom is -0.450 e. The molecule has 1 N–H and O–H groups in total. The Morgan fingerprint density at radius 3 is 2.09 bits per heavy atom. The van der Waals surface area contributed by atoms with Crippen LogP contribution in [0.3, 0.4) is 0 Å². The smallest absolute Gasteiger partial charge is 0.408 e. The van der Waals surface area contributed by atoms with Crippen LogP contribution < -0.4 is 5.32 Å². The normalized spacial score (nSPS) is 12.5. The van der Waals surface area contributed by atoms with E-state index in [-0.39, 0.29) is 25.4 Å². The Morgan fingerprint density at radius 2 is 1.61 bits per heavy atom. The van der Waals surface area contributed by atoms with Crippen LogP contribution in [-0.2, 0) is 18.3 Å². The molecule has 1 atom stereocenters. The first kappa shape index (κ1) is 19.4. The zero-order valence-electron chi connectivity index (χ0n) is 13.5. The van der Waals surface area contributed by atoms with Gasteiger partial charge in [0.2, 0.25) is 0 Å². The first-order valence-corrected chi connectivity index (χ1v) is 9.01. The van der Waals surface area contributed by atoms with Gasteiger partial charge < -0.3 is 19.1 Å². The van der Waals surface area contributed by atoms with Crippen LogP contribution >= 0.6 is 7.60 Å². The zero-order valence-corrected chi connectivity index (χ0v) is 14.4. The quantitative estimate of drug-likeness (QED) is 0.547. The Kier molecular flexibility index (Phi) is 7.95. The monoisotopic (exact) mass is 343 g/mol.